The standard InChI is InChI=1S/C22H20N4O4S/c1-13-8-15(12-24-11-13)26-17-6-7-18(27)20(17)21(25(2)22(26)28)16-5-4-14(10-23)9-19(16)31(3,29)30/h4-5,8-9,11-12,21H,6-7H2,1-3H3. The van der Waals surface area contributed by atoms with Crippen LogP contribution in [0.2, 0.25) is 0 Å². The van der Waals surface area contributed by atoms with Gasteiger partial charge in [-0.25, -0.2) is 13.2 Å². The number of pyridine rings is 1. The summed E-state index contributed by atoms with van der Waals surface area (Å²) >= 11 is 0. The summed E-state index contributed by atoms with van der Waals surface area (Å²) in [5.41, 5.74) is 2.89. The maximum atomic E-state index is 13.4. The van der Waals surface area contributed by atoms with Crippen LogP contribution >= 0.6 is 0 Å². The summed E-state index contributed by atoms with van der Waals surface area (Å²) in [6.45, 7) is 1.86. The summed E-state index contributed by atoms with van der Waals surface area (Å²) in [6, 6.07) is 6.83. The van der Waals surface area contributed by atoms with Crippen molar-refractivity contribution in [2.75, 3.05) is 18.2 Å². The largest absolute Gasteiger partial charge is 0.329 e. The van der Waals surface area contributed by atoms with E-state index < -0.39 is 15.9 Å². The number of benzene rings is 1. The van der Waals surface area contributed by atoms with Gasteiger partial charge in [-0.3, -0.25) is 14.7 Å². The number of allylic oxidation sites excluding steroid dienone is 1. The number of amides is 2. The number of likely N-dealkylation sites (N-methyl/N-ethyl adjacent to an activating group) is 1. The Hall–Kier alpha value is -3.51. The quantitative estimate of drug-likeness (QED) is 0.731. The fraction of sp³-hybridized carbons (Fsp3) is 0.273. The van der Waals surface area contributed by atoms with Gasteiger partial charge in [0.15, 0.2) is 15.6 Å². The lowest BCUT2D eigenvalue weighted by Gasteiger charge is -2.40. The average molecular weight is 436 g/mol. The fourth-order valence-corrected chi connectivity index (χ4v) is 5.17. The van der Waals surface area contributed by atoms with Crippen LogP contribution in [-0.2, 0) is 14.6 Å². The minimum Gasteiger partial charge on any atom is -0.316 e. The monoisotopic (exact) mass is 436 g/mol. The van der Waals surface area contributed by atoms with E-state index in [-0.39, 0.29) is 28.7 Å². The first-order valence-electron chi connectivity index (χ1n) is 9.62. The van der Waals surface area contributed by atoms with Gasteiger partial charge in [-0.15, -0.1) is 0 Å². The van der Waals surface area contributed by atoms with E-state index in [0.29, 0.717) is 28.9 Å². The number of ketones is 1. The van der Waals surface area contributed by atoms with E-state index in [9.17, 15) is 23.3 Å². The first kappa shape index (κ1) is 20.8. The number of Topliss-reactive ketones (excluding diaryl/α,β-unsaturated/α-hetero) is 1. The van der Waals surface area contributed by atoms with Crippen LogP contribution in [0.5, 0.6) is 0 Å². The molecular weight excluding hydrogens is 416 g/mol. The summed E-state index contributed by atoms with van der Waals surface area (Å²) in [6.07, 6.45) is 4.91. The molecule has 0 spiro atoms. The van der Waals surface area contributed by atoms with Gasteiger partial charge >= 0.3 is 6.03 Å². The molecule has 0 saturated carbocycles. The highest BCUT2D eigenvalue weighted by molar-refractivity contribution is 7.90. The number of carbonyl (C=O) groups is 2. The van der Waals surface area contributed by atoms with Crippen LogP contribution in [-0.4, -0.2) is 43.4 Å². The number of nitrogens with zero attached hydrogens (tertiary/aromatic N) is 4. The predicted molar refractivity (Wildman–Crippen MR) is 113 cm³/mol. The van der Waals surface area contributed by atoms with Crippen LogP contribution in [0.1, 0.15) is 35.6 Å². The Morgan fingerprint density at radius 1 is 1.16 bits per heavy atom. The molecule has 8 nitrogen and oxygen atoms in total. The van der Waals surface area contributed by atoms with Crippen molar-refractivity contribution < 1.29 is 18.0 Å². The van der Waals surface area contributed by atoms with Crippen molar-refractivity contribution in [3.63, 3.8) is 0 Å². The number of sulfone groups is 1. The minimum absolute atomic E-state index is 0.0616. The van der Waals surface area contributed by atoms with Gasteiger partial charge in [0, 0.05) is 37.2 Å². The second kappa shape index (κ2) is 7.32. The summed E-state index contributed by atoms with van der Waals surface area (Å²) in [5.74, 6) is -0.131. The third kappa shape index (κ3) is 3.39. The minimum atomic E-state index is -3.72. The van der Waals surface area contributed by atoms with Gasteiger partial charge in [-0.05, 0) is 42.7 Å². The molecule has 2 aliphatic rings. The van der Waals surface area contributed by atoms with Crippen LogP contribution in [0.25, 0.3) is 0 Å². The molecule has 2 heterocycles. The van der Waals surface area contributed by atoms with Crippen LogP contribution in [0.3, 0.4) is 0 Å². The molecule has 2 aromatic rings. The molecule has 0 bridgehead atoms. The van der Waals surface area contributed by atoms with Gasteiger partial charge in [0.1, 0.15) is 0 Å². The molecule has 158 valence electrons. The van der Waals surface area contributed by atoms with Gasteiger partial charge in [0.2, 0.25) is 0 Å². The Morgan fingerprint density at radius 3 is 2.55 bits per heavy atom. The van der Waals surface area contributed by atoms with Crippen molar-refractivity contribution in [1.82, 2.24) is 9.88 Å². The zero-order valence-corrected chi connectivity index (χ0v) is 18.1. The molecule has 1 aliphatic carbocycles. The van der Waals surface area contributed by atoms with Gasteiger partial charge in [0.25, 0.3) is 0 Å². The summed E-state index contributed by atoms with van der Waals surface area (Å²) in [5, 5.41) is 9.21. The molecule has 9 heteroatoms. The Morgan fingerprint density at radius 2 is 1.90 bits per heavy atom. The van der Waals surface area contributed by atoms with E-state index >= 15 is 0 Å². The van der Waals surface area contributed by atoms with E-state index in [1.807, 2.05) is 19.1 Å². The fourth-order valence-electron chi connectivity index (χ4n) is 4.22. The summed E-state index contributed by atoms with van der Waals surface area (Å²) in [4.78, 5) is 33.3. The second-order valence-electron chi connectivity index (χ2n) is 7.77. The van der Waals surface area contributed by atoms with E-state index in [0.717, 1.165) is 11.8 Å². The summed E-state index contributed by atoms with van der Waals surface area (Å²) in [7, 11) is -2.18. The highest BCUT2D eigenvalue weighted by atomic mass is 32.2. The van der Waals surface area contributed by atoms with Crippen LogP contribution in [0.4, 0.5) is 10.5 Å². The Labute approximate surface area is 180 Å². The topological polar surface area (TPSA) is 111 Å². The smallest absolute Gasteiger partial charge is 0.316 e. The average Bonchev–Trinajstić information content (AvgIpc) is 3.09. The molecule has 0 saturated heterocycles. The number of rotatable bonds is 3. The molecule has 1 aromatic carbocycles. The molecule has 0 N–H and O–H groups in total. The van der Waals surface area contributed by atoms with Gasteiger partial charge in [0.05, 0.1) is 34.5 Å². The lowest BCUT2D eigenvalue weighted by atomic mass is 9.92. The lowest BCUT2D eigenvalue weighted by Crippen LogP contribution is -2.48. The molecule has 2 amide bonds. The zero-order valence-electron chi connectivity index (χ0n) is 17.3. The molecule has 0 radical (unpaired) electrons. The van der Waals surface area contributed by atoms with Crippen molar-refractivity contribution >= 4 is 27.3 Å². The number of nitriles is 1. The van der Waals surface area contributed by atoms with Crippen LogP contribution < -0.4 is 4.90 Å². The molecule has 1 aliphatic heterocycles. The van der Waals surface area contributed by atoms with E-state index in [2.05, 4.69) is 4.98 Å². The molecule has 31 heavy (non-hydrogen) atoms. The van der Waals surface area contributed by atoms with Crippen molar-refractivity contribution in [2.45, 2.75) is 30.7 Å². The molecule has 4 rings (SSSR count). The lowest BCUT2D eigenvalue weighted by molar-refractivity contribution is -0.115. The molecule has 1 atom stereocenters. The van der Waals surface area contributed by atoms with Crippen molar-refractivity contribution in [2.24, 2.45) is 0 Å². The zero-order chi connectivity index (χ0) is 22.5. The van der Waals surface area contributed by atoms with Crippen molar-refractivity contribution in [1.29, 1.82) is 5.26 Å². The number of aromatic nitrogens is 1. The first-order valence-corrected chi connectivity index (χ1v) is 11.5. The maximum Gasteiger partial charge on any atom is 0.329 e. The molecular formula is C22H20N4O4S. The molecule has 1 unspecified atom stereocenters. The number of urea groups is 1. The maximum absolute atomic E-state index is 13.4. The second-order valence-corrected chi connectivity index (χ2v) is 9.76. The van der Waals surface area contributed by atoms with E-state index in [4.69, 9.17) is 0 Å². The highest BCUT2D eigenvalue weighted by Crippen LogP contribution is 2.45. The van der Waals surface area contributed by atoms with Crippen LogP contribution in [0, 0.1) is 18.3 Å². The molecule has 1 aromatic heterocycles. The number of hydrogen-bond donors (Lipinski definition) is 0. The SMILES string of the molecule is Cc1cncc(N2C(=O)N(C)C(c3ccc(C#N)cc3S(C)(=O)=O)C3=C2CCC3=O)c1. The normalized spacial score (nSPS) is 19.0. The van der Waals surface area contributed by atoms with Crippen molar-refractivity contribution in [3.8, 4) is 6.07 Å². The predicted octanol–water partition coefficient (Wildman–Crippen LogP) is 2.90. The van der Waals surface area contributed by atoms with Gasteiger partial charge < -0.3 is 4.90 Å². The van der Waals surface area contributed by atoms with E-state index in [1.165, 1.54) is 28.0 Å². The van der Waals surface area contributed by atoms with Crippen molar-refractivity contribution in [3.05, 3.63) is 64.6 Å². The van der Waals surface area contributed by atoms with Crippen LogP contribution in [0.15, 0.2) is 52.8 Å². The Balaban J connectivity index is 1.97. The third-order valence-corrected chi connectivity index (χ3v) is 6.73. The first-order chi connectivity index (χ1) is 14.6. The molecule has 0 fully saturated rings. The number of anilines is 1. The van der Waals surface area contributed by atoms with Gasteiger partial charge in [-0.1, -0.05) is 6.07 Å². The van der Waals surface area contributed by atoms with Gasteiger partial charge in [-0.2, -0.15) is 5.26 Å². The summed E-state index contributed by atoms with van der Waals surface area (Å²) < 4.78 is 25.0. The number of aryl methyl sites for hydroxylation is 1. The third-order valence-electron chi connectivity index (χ3n) is 5.58. The van der Waals surface area contributed by atoms with E-state index in [1.54, 1.807) is 19.4 Å². The number of hydrogen-bond acceptors (Lipinski definition) is 6. The highest BCUT2D eigenvalue weighted by Gasteiger charge is 2.45. The number of carbonyl (C=O) groups excluding carboxylic acids is 2. The Bertz CT molecular complexity index is 1310. The Kier molecular flexibility index (Phi) is 4.90.